The second-order valence-corrected chi connectivity index (χ2v) is 4.67. The fraction of sp³-hybridized carbons (Fsp3) is 0.538. The van der Waals surface area contributed by atoms with Crippen molar-refractivity contribution in [3.05, 3.63) is 34.9 Å². The fourth-order valence-corrected chi connectivity index (χ4v) is 1.54. The monoisotopic (exact) mass is 228 g/mol. The predicted octanol–water partition coefficient (Wildman–Crippen LogP) is 3.60. The molecule has 0 amide bonds. The zero-order chi connectivity index (χ0) is 12.5. The van der Waals surface area contributed by atoms with Gasteiger partial charge in [0.2, 0.25) is 0 Å². The van der Waals surface area contributed by atoms with Gasteiger partial charge in [-0.15, -0.1) is 0 Å². The first-order chi connectivity index (χ1) is 7.34. The summed E-state index contributed by atoms with van der Waals surface area (Å²) in [7, 11) is 0. The van der Waals surface area contributed by atoms with Gasteiger partial charge in [0.25, 0.3) is 0 Å². The van der Waals surface area contributed by atoms with Crippen LogP contribution in [0.25, 0.3) is 0 Å². The first-order valence-corrected chi connectivity index (χ1v) is 5.48. The van der Waals surface area contributed by atoms with Crippen molar-refractivity contribution in [1.29, 1.82) is 0 Å². The van der Waals surface area contributed by atoms with Crippen LogP contribution in [-0.2, 0) is 0 Å². The number of halogens is 2. The van der Waals surface area contributed by atoms with E-state index >= 15 is 0 Å². The van der Waals surface area contributed by atoms with Crippen molar-refractivity contribution in [1.82, 2.24) is 0 Å². The summed E-state index contributed by atoms with van der Waals surface area (Å²) in [6.07, 6.45) is -0.963. The summed E-state index contributed by atoms with van der Waals surface area (Å²) in [5.41, 5.74) is 0.301. The van der Waals surface area contributed by atoms with Crippen molar-refractivity contribution in [2.24, 2.45) is 11.8 Å². The Hall–Kier alpha value is -0.960. The van der Waals surface area contributed by atoms with Gasteiger partial charge in [0.15, 0.2) is 0 Å². The van der Waals surface area contributed by atoms with Crippen LogP contribution in [0, 0.1) is 30.4 Å². The van der Waals surface area contributed by atoms with Gasteiger partial charge in [-0.1, -0.05) is 20.8 Å². The zero-order valence-electron chi connectivity index (χ0n) is 10.1. The predicted molar refractivity (Wildman–Crippen MR) is 60.1 cm³/mol. The van der Waals surface area contributed by atoms with Gasteiger partial charge in [0.1, 0.15) is 11.6 Å². The van der Waals surface area contributed by atoms with Crippen molar-refractivity contribution < 1.29 is 13.9 Å². The number of hydrogen-bond acceptors (Lipinski definition) is 1. The molecule has 0 aliphatic heterocycles. The minimum Gasteiger partial charge on any atom is -0.388 e. The number of aliphatic hydroxyl groups is 1. The first-order valence-electron chi connectivity index (χ1n) is 5.48. The van der Waals surface area contributed by atoms with E-state index < -0.39 is 17.7 Å². The molecule has 0 aliphatic rings. The Kier molecular flexibility index (Phi) is 4.03. The van der Waals surface area contributed by atoms with E-state index in [-0.39, 0.29) is 23.0 Å². The molecule has 1 N–H and O–H groups in total. The van der Waals surface area contributed by atoms with Crippen LogP contribution < -0.4 is 0 Å². The molecule has 0 bridgehead atoms. The van der Waals surface area contributed by atoms with Crippen molar-refractivity contribution in [2.45, 2.75) is 33.8 Å². The molecule has 1 aromatic carbocycles. The Morgan fingerprint density at radius 2 is 1.62 bits per heavy atom. The molecule has 2 unspecified atom stereocenters. The average molecular weight is 228 g/mol. The van der Waals surface area contributed by atoms with Crippen molar-refractivity contribution in [3.63, 3.8) is 0 Å². The molecule has 0 fully saturated rings. The Bertz CT molecular complexity index is 374. The minimum absolute atomic E-state index is 0.0456. The number of aryl methyl sites for hydroxylation is 1. The molecule has 0 aromatic heterocycles. The van der Waals surface area contributed by atoms with Crippen LogP contribution in [0.15, 0.2) is 12.1 Å². The fourth-order valence-electron chi connectivity index (χ4n) is 1.54. The largest absolute Gasteiger partial charge is 0.388 e. The van der Waals surface area contributed by atoms with E-state index in [1.54, 1.807) is 0 Å². The number of aliphatic hydroxyl groups excluding tert-OH is 1. The van der Waals surface area contributed by atoms with Crippen LogP contribution in [0.1, 0.15) is 38.0 Å². The summed E-state index contributed by atoms with van der Waals surface area (Å²) in [5.74, 6) is -0.930. The highest BCUT2D eigenvalue weighted by Gasteiger charge is 2.23. The lowest BCUT2D eigenvalue weighted by molar-refractivity contribution is 0.0883. The first kappa shape index (κ1) is 13.1. The molecule has 0 saturated carbocycles. The molecule has 0 radical (unpaired) electrons. The second-order valence-electron chi connectivity index (χ2n) is 4.67. The van der Waals surface area contributed by atoms with Crippen LogP contribution in [0.2, 0.25) is 0 Å². The quantitative estimate of drug-likeness (QED) is 0.838. The molecule has 16 heavy (non-hydrogen) atoms. The molecular weight excluding hydrogens is 210 g/mol. The van der Waals surface area contributed by atoms with E-state index in [9.17, 15) is 13.9 Å². The van der Waals surface area contributed by atoms with E-state index in [0.29, 0.717) is 0 Å². The van der Waals surface area contributed by atoms with Gasteiger partial charge in [-0.05, 0) is 36.5 Å². The van der Waals surface area contributed by atoms with Crippen LogP contribution in [0.4, 0.5) is 8.78 Å². The highest BCUT2D eigenvalue weighted by Crippen LogP contribution is 2.30. The third-order valence-corrected chi connectivity index (χ3v) is 3.15. The Balaban J connectivity index is 3.08. The van der Waals surface area contributed by atoms with E-state index in [0.717, 1.165) is 12.1 Å². The molecule has 0 heterocycles. The van der Waals surface area contributed by atoms with Crippen LogP contribution in [0.5, 0.6) is 0 Å². The molecule has 1 nitrogen and oxygen atoms in total. The SMILES string of the molecule is Cc1cc(F)c(C(O)C(C)C(C)C)cc1F. The summed E-state index contributed by atoms with van der Waals surface area (Å²) in [6.45, 7) is 7.21. The number of rotatable bonds is 3. The van der Waals surface area contributed by atoms with Gasteiger partial charge >= 0.3 is 0 Å². The molecule has 0 spiro atoms. The lowest BCUT2D eigenvalue weighted by Crippen LogP contribution is -2.16. The number of hydrogen-bond donors (Lipinski definition) is 1. The summed E-state index contributed by atoms with van der Waals surface area (Å²) in [6, 6.07) is 2.22. The van der Waals surface area contributed by atoms with E-state index in [2.05, 4.69) is 0 Å². The van der Waals surface area contributed by atoms with Gasteiger partial charge in [0.05, 0.1) is 6.10 Å². The van der Waals surface area contributed by atoms with E-state index in [1.165, 1.54) is 6.92 Å². The average Bonchev–Trinajstić information content (AvgIpc) is 2.21. The molecule has 90 valence electrons. The number of benzene rings is 1. The summed E-state index contributed by atoms with van der Waals surface area (Å²) >= 11 is 0. The third kappa shape index (κ3) is 2.59. The molecular formula is C13H18F2O. The normalized spacial score (nSPS) is 15.2. The molecule has 0 saturated heterocycles. The van der Waals surface area contributed by atoms with Gasteiger partial charge in [-0.2, -0.15) is 0 Å². The standard InChI is InChI=1S/C13H18F2O/c1-7(2)9(4)13(16)10-6-11(14)8(3)5-12(10)15/h5-7,9,13,16H,1-4H3. The van der Waals surface area contributed by atoms with Crippen LogP contribution >= 0.6 is 0 Å². The lowest BCUT2D eigenvalue weighted by Gasteiger charge is -2.23. The molecule has 2 atom stereocenters. The van der Waals surface area contributed by atoms with Gasteiger partial charge < -0.3 is 5.11 Å². The Labute approximate surface area is 95.1 Å². The van der Waals surface area contributed by atoms with E-state index in [4.69, 9.17) is 0 Å². The maximum Gasteiger partial charge on any atom is 0.129 e. The lowest BCUT2D eigenvalue weighted by atomic mass is 9.88. The summed E-state index contributed by atoms with van der Waals surface area (Å²) < 4.78 is 26.9. The molecule has 1 aromatic rings. The van der Waals surface area contributed by atoms with Crippen molar-refractivity contribution >= 4 is 0 Å². The van der Waals surface area contributed by atoms with Crippen molar-refractivity contribution in [3.8, 4) is 0 Å². The minimum atomic E-state index is -0.963. The molecule has 3 heteroatoms. The highest BCUT2D eigenvalue weighted by molar-refractivity contribution is 5.27. The Morgan fingerprint density at radius 1 is 1.06 bits per heavy atom. The van der Waals surface area contributed by atoms with Gasteiger partial charge in [0, 0.05) is 5.56 Å². The summed E-state index contributed by atoms with van der Waals surface area (Å²) in [5, 5.41) is 9.95. The maximum absolute atomic E-state index is 13.6. The van der Waals surface area contributed by atoms with Crippen molar-refractivity contribution in [2.75, 3.05) is 0 Å². The zero-order valence-corrected chi connectivity index (χ0v) is 10.1. The summed E-state index contributed by atoms with van der Waals surface area (Å²) in [4.78, 5) is 0. The van der Waals surface area contributed by atoms with Crippen LogP contribution in [-0.4, -0.2) is 5.11 Å². The third-order valence-electron chi connectivity index (χ3n) is 3.15. The van der Waals surface area contributed by atoms with Gasteiger partial charge in [-0.3, -0.25) is 0 Å². The van der Waals surface area contributed by atoms with Gasteiger partial charge in [-0.25, -0.2) is 8.78 Å². The highest BCUT2D eigenvalue weighted by atomic mass is 19.1. The van der Waals surface area contributed by atoms with E-state index in [1.807, 2.05) is 20.8 Å². The maximum atomic E-state index is 13.6. The smallest absolute Gasteiger partial charge is 0.129 e. The second kappa shape index (κ2) is 4.91. The molecule has 0 aliphatic carbocycles. The van der Waals surface area contributed by atoms with Crippen LogP contribution in [0.3, 0.4) is 0 Å². The Morgan fingerprint density at radius 3 is 2.12 bits per heavy atom. The topological polar surface area (TPSA) is 20.2 Å². The molecule has 1 rings (SSSR count).